The molecule has 1 aromatic rings. The van der Waals surface area contributed by atoms with Gasteiger partial charge in [-0.3, -0.25) is 4.79 Å². The van der Waals surface area contributed by atoms with Gasteiger partial charge in [-0.1, -0.05) is 6.92 Å². The zero-order valence-corrected chi connectivity index (χ0v) is 9.03. The van der Waals surface area contributed by atoms with Gasteiger partial charge in [0.2, 0.25) is 0 Å². The average Bonchev–Trinajstić information content (AvgIpc) is 2.28. The Balaban J connectivity index is 2.79. The Labute approximate surface area is 89.9 Å². The van der Waals surface area contributed by atoms with E-state index in [4.69, 9.17) is 5.26 Å². The van der Waals surface area contributed by atoms with Crippen molar-refractivity contribution in [3.8, 4) is 6.07 Å². The lowest BCUT2D eigenvalue weighted by molar-refractivity contribution is 0.0795. The highest BCUT2D eigenvalue weighted by molar-refractivity contribution is 5.94. The minimum absolute atomic E-state index is 0.00124. The quantitative estimate of drug-likeness (QED) is 0.752. The standard InChI is InChI=1S/C12H14N2O/c1-3-8-14(2)12(15)11-6-4-10(9-13)5-7-11/h4-7H,3,8H2,1-2H3. The zero-order chi connectivity index (χ0) is 11.3. The molecule has 0 heterocycles. The Morgan fingerprint density at radius 1 is 1.40 bits per heavy atom. The molecule has 0 unspecified atom stereocenters. The van der Waals surface area contributed by atoms with Crippen LogP contribution < -0.4 is 0 Å². The predicted octanol–water partition coefficient (Wildman–Crippen LogP) is 2.04. The summed E-state index contributed by atoms with van der Waals surface area (Å²) >= 11 is 0. The molecule has 1 amide bonds. The number of benzene rings is 1. The number of carbonyl (C=O) groups is 1. The summed E-state index contributed by atoms with van der Waals surface area (Å²) in [6.07, 6.45) is 0.943. The Morgan fingerprint density at radius 3 is 2.47 bits per heavy atom. The minimum atomic E-state index is 0.00124. The van der Waals surface area contributed by atoms with Crippen molar-refractivity contribution in [1.82, 2.24) is 4.90 Å². The minimum Gasteiger partial charge on any atom is -0.342 e. The highest BCUT2D eigenvalue weighted by atomic mass is 16.2. The van der Waals surface area contributed by atoms with Crippen LogP contribution in [0.4, 0.5) is 0 Å². The first-order valence-electron chi connectivity index (χ1n) is 4.94. The largest absolute Gasteiger partial charge is 0.342 e. The number of hydrogen-bond donors (Lipinski definition) is 0. The molecule has 1 rings (SSSR count). The first-order valence-corrected chi connectivity index (χ1v) is 4.94. The highest BCUT2D eigenvalue weighted by Gasteiger charge is 2.09. The molecule has 0 saturated heterocycles. The van der Waals surface area contributed by atoms with Gasteiger partial charge in [0.15, 0.2) is 0 Å². The van der Waals surface area contributed by atoms with Crippen LogP contribution in [-0.2, 0) is 0 Å². The number of nitrogens with zero attached hydrogens (tertiary/aromatic N) is 2. The van der Waals surface area contributed by atoms with Crippen LogP contribution >= 0.6 is 0 Å². The van der Waals surface area contributed by atoms with Crippen LogP contribution in [0.25, 0.3) is 0 Å². The molecule has 0 N–H and O–H groups in total. The third kappa shape index (κ3) is 2.81. The Bertz CT molecular complexity index is 376. The first-order chi connectivity index (χ1) is 7.19. The normalized spacial score (nSPS) is 9.40. The summed E-state index contributed by atoms with van der Waals surface area (Å²) in [7, 11) is 1.78. The summed E-state index contributed by atoms with van der Waals surface area (Å²) in [5, 5.41) is 8.62. The molecule has 0 aliphatic heterocycles. The molecule has 15 heavy (non-hydrogen) atoms. The lowest BCUT2D eigenvalue weighted by Gasteiger charge is -2.15. The fraction of sp³-hybridized carbons (Fsp3) is 0.333. The van der Waals surface area contributed by atoms with Crippen LogP contribution in [-0.4, -0.2) is 24.4 Å². The molecule has 0 aliphatic carbocycles. The van der Waals surface area contributed by atoms with Crippen molar-refractivity contribution in [2.24, 2.45) is 0 Å². The van der Waals surface area contributed by atoms with Crippen molar-refractivity contribution < 1.29 is 4.79 Å². The van der Waals surface area contributed by atoms with Crippen LogP contribution in [0.2, 0.25) is 0 Å². The summed E-state index contributed by atoms with van der Waals surface area (Å²) < 4.78 is 0. The maximum atomic E-state index is 11.8. The summed E-state index contributed by atoms with van der Waals surface area (Å²) in [5.74, 6) is 0.00124. The van der Waals surface area contributed by atoms with E-state index in [9.17, 15) is 4.79 Å². The second-order valence-electron chi connectivity index (χ2n) is 3.42. The first kappa shape index (κ1) is 11.3. The van der Waals surface area contributed by atoms with Crippen LogP contribution in [0.5, 0.6) is 0 Å². The number of carbonyl (C=O) groups excluding carboxylic acids is 1. The molecule has 3 heteroatoms. The molecular weight excluding hydrogens is 188 g/mol. The van der Waals surface area contributed by atoms with Gasteiger partial charge >= 0.3 is 0 Å². The molecule has 1 aromatic carbocycles. The monoisotopic (exact) mass is 202 g/mol. The van der Waals surface area contributed by atoms with Gasteiger partial charge in [-0.05, 0) is 30.7 Å². The van der Waals surface area contributed by atoms with Crippen molar-refractivity contribution in [1.29, 1.82) is 5.26 Å². The summed E-state index contributed by atoms with van der Waals surface area (Å²) in [6.45, 7) is 2.78. The van der Waals surface area contributed by atoms with E-state index in [1.54, 1.807) is 36.2 Å². The topological polar surface area (TPSA) is 44.1 Å². The lowest BCUT2D eigenvalue weighted by atomic mass is 10.1. The molecule has 0 saturated carbocycles. The van der Waals surface area contributed by atoms with Crippen LogP contribution in [0, 0.1) is 11.3 Å². The molecular formula is C12H14N2O. The van der Waals surface area contributed by atoms with Crippen molar-refractivity contribution >= 4 is 5.91 Å². The van der Waals surface area contributed by atoms with Gasteiger partial charge in [-0.2, -0.15) is 5.26 Å². The van der Waals surface area contributed by atoms with Crippen LogP contribution in [0.15, 0.2) is 24.3 Å². The molecule has 0 fully saturated rings. The van der Waals surface area contributed by atoms with E-state index < -0.39 is 0 Å². The third-order valence-corrected chi connectivity index (χ3v) is 2.17. The second-order valence-corrected chi connectivity index (χ2v) is 3.42. The van der Waals surface area contributed by atoms with Crippen molar-refractivity contribution in [3.63, 3.8) is 0 Å². The third-order valence-electron chi connectivity index (χ3n) is 2.17. The molecule has 3 nitrogen and oxygen atoms in total. The van der Waals surface area contributed by atoms with E-state index in [1.807, 2.05) is 13.0 Å². The fourth-order valence-electron chi connectivity index (χ4n) is 1.34. The van der Waals surface area contributed by atoms with Gasteiger partial charge < -0.3 is 4.90 Å². The Kier molecular flexibility index (Phi) is 3.87. The predicted molar refractivity (Wildman–Crippen MR) is 58.4 cm³/mol. The highest BCUT2D eigenvalue weighted by Crippen LogP contribution is 2.06. The van der Waals surface area contributed by atoms with E-state index in [0.29, 0.717) is 11.1 Å². The van der Waals surface area contributed by atoms with E-state index in [-0.39, 0.29) is 5.91 Å². The van der Waals surface area contributed by atoms with Crippen LogP contribution in [0.1, 0.15) is 29.3 Å². The number of hydrogen-bond acceptors (Lipinski definition) is 2. The van der Waals surface area contributed by atoms with Gasteiger partial charge in [-0.25, -0.2) is 0 Å². The summed E-state index contributed by atoms with van der Waals surface area (Å²) in [6, 6.07) is 8.72. The Morgan fingerprint density at radius 2 is 2.00 bits per heavy atom. The molecule has 0 spiro atoms. The summed E-state index contributed by atoms with van der Waals surface area (Å²) in [5.41, 5.74) is 1.20. The van der Waals surface area contributed by atoms with Gasteiger partial charge in [0.05, 0.1) is 11.6 Å². The van der Waals surface area contributed by atoms with Crippen molar-refractivity contribution in [3.05, 3.63) is 35.4 Å². The molecule has 0 aromatic heterocycles. The molecule has 0 radical (unpaired) electrons. The average molecular weight is 202 g/mol. The van der Waals surface area contributed by atoms with Crippen molar-refractivity contribution in [2.75, 3.05) is 13.6 Å². The van der Waals surface area contributed by atoms with Gasteiger partial charge in [0.25, 0.3) is 5.91 Å². The number of amides is 1. The van der Waals surface area contributed by atoms with Crippen LogP contribution in [0.3, 0.4) is 0 Å². The Hall–Kier alpha value is -1.82. The van der Waals surface area contributed by atoms with Gasteiger partial charge in [-0.15, -0.1) is 0 Å². The number of rotatable bonds is 3. The maximum absolute atomic E-state index is 11.8. The number of nitriles is 1. The second kappa shape index (κ2) is 5.16. The van der Waals surface area contributed by atoms with Crippen molar-refractivity contribution in [2.45, 2.75) is 13.3 Å². The fourth-order valence-corrected chi connectivity index (χ4v) is 1.34. The maximum Gasteiger partial charge on any atom is 0.253 e. The molecule has 0 atom stereocenters. The van der Waals surface area contributed by atoms with Gasteiger partial charge in [0, 0.05) is 19.2 Å². The van der Waals surface area contributed by atoms with Gasteiger partial charge in [0.1, 0.15) is 0 Å². The smallest absolute Gasteiger partial charge is 0.253 e. The van der Waals surface area contributed by atoms with E-state index in [1.165, 1.54) is 0 Å². The van der Waals surface area contributed by atoms with E-state index in [2.05, 4.69) is 0 Å². The molecule has 0 aliphatic rings. The molecule has 78 valence electrons. The van der Waals surface area contributed by atoms with E-state index >= 15 is 0 Å². The lowest BCUT2D eigenvalue weighted by Crippen LogP contribution is -2.27. The SMILES string of the molecule is CCCN(C)C(=O)c1ccc(C#N)cc1. The molecule has 0 bridgehead atoms. The van der Waals surface area contributed by atoms with E-state index in [0.717, 1.165) is 13.0 Å². The zero-order valence-electron chi connectivity index (χ0n) is 9.03. The summed E-state index contributed by atoms with van der Waals surface area (Å²) in [4.78, 5) is 13.5.